The molecular formula is C13H10N6O. The molecule has 0 fully saturated rings. The first-order valence-electron chi connectivity index (χ1n) is 5.60. The van der Waals surface area contributed by atoms with Crippen LogP contribution in [0.3, 0.4) is 0 Å². The van der Waals surface area contributed by atoms with Gasteiger partial charge >= 0.3 is 5.82 Å². The highest BCUT2D eigenvalue weighted by atomic mass is 16.3. The fraction of sp³-hybridized carbons (Fsp3) is 0.0769. The molecular weight excluding hydrogens is 256 g/mol. The molecule has 1 aromatic heterocycles. The van der Waals surface area contributed by atoms with Gasteiger partial charge in [0.1, 0.15) is 6.07 Å². The number of nitrogens with zero attached hydrogens (tertiary/aromatic N) is 4. The molecule has 0 unspecified atom stereocenters. The van der Waals surface area contributed by atoms with Gasteiger partial charge in [0, 0.05) is 5.69 Å². The maximum absolute atomic E-state index is 8.96. The minimum atomic E-state index is -0.119. The normalized spacial score (nSPS) is 9.55. The first-order chi connectivity index (χ1) is 9.67. The van der Waals surface area contributed by atoms with Crippen molar-refractivity contribution in [2.45, 2.75) is 6.61 Å². The van der Waals surface area contributed by atoms with Crippen molar-refractivity contribution < 1.29 is 5.11 Å². The molecule has 0 amide bonds. The molecule has 98 valence electrons. The van der Waals surface area contributed by atoms with Gasteiger partial charge in [-0.3, -0.25) is 0 Å². The summed E-state index contributed by atoms with van der Waals surface area (Å²) in [6, 6.07) is 8.76. The highest BCUT2D eigenvalue weighted by molar-refractivity contribution is 5.69. The molecule has 7 heteroatoms. The Labute approximate surface area is 115 Å². The van der Waals surface area contributed by atoms with Crippen molar-refractivity contribution in [2.24, 2.45) is 0 Å². The van der Waals surface area contributed by atoms with Gasteiger partial charge in [0.2, 0.25) is 0 Å². The smallest absolute Gasteiger partial charge is 0.308 e. The van der Waals surface area contributed by atoms with Crippen molar-refractivity contribution >= 4 is 23.1 Å². The van der Waals surface area contributed by atoms with Crippen molar-refractivity contribution in [3.63, 3.8) is 0 Å². The first kappa shape index (κ1) is 13.3. The summed E-state index contributed by atoms with van der Waals surface area (Å²) in [7, 11) is 0. The van der Waals surface area contributed by atoms with Crippen LogP contribution in [0.5, 0.6) is 0 Å². The Hall–Kier alpha value is -3.16. The van der Waals surface area contributed by atoms with Gasteiger partial charge in [-0.25, -0.2) is 4.98 Å². The second-order valence-corrected chi connectivity index (χ2v) is 3.83. The van der Waals surface area contributed by atoms with Crippen molar-refractivity contribution in [2.75, 3.05) is 11.1 Å². The number of nitrogens with one attached hydrogen (secondary N) is 1. The van der Waals surface area contributed by atoms with E-state index in [-0.39, 0.29) is 29.8 Å². The van der Waals surface area contributed by atoms with Crippen LogP contribution in [0.1, 0.15) is 11.3 Å². The van der Waals surface area contributed by atoms with Gasteiger partial charge in [-0.15, -0.1) is 0 Å². The lowest BCUT2D eigenvalue weighted by atomic mass is 10.2. The maximum Gasteiger partial charge on any atom is 0.308 e. The van der Waals surface area contributed by atoms with Crippen LogP contribution in [0.15, 0.2) is 24.3 Å². The lowest BCUT2D eigenvalue weighted by Crippen LogP contribution is -2.03. The molecule has 20 heavy (non-hydrogen) atoms. The number of anilines is 3. The van der Waals surface area contributed by atoms with E-state index in [9.17, 15) is 0 Å². The average Bonchev–Trinajstić information content (AvgIpc) is 2.49. The molecule has 0 aliphatic carbocycles. The summed E-state index contributed by atoms with van der Waals surface area (Å²) < 4.78 is 0. The third-order valence-corrected chi connectivity index (χ3v) is 2.52. The molecule has 0 atom stereocenters. The summed E-state index contributed by atoms with van der Waals surface area (Å²) in [6.07, 6.45) is 0. The Morgan fingerprint density at radius 3 is 2.60 bits per heavy atom. The number of aliphatic hydroxyl groups is 1. The molecule has 0 aliphatic heterocycles. The van der Waals surface area contributed by atoms with E-state index in [1.807, 2.05) is 0 Å². The van der Waals surface area contributed by atoms with Gasteiger partial charge in [-0.1, -0.05) is 23.7 Å². The molecule has 2 rings (SSSR count). The van der Waals surface area contributed by atoms with E-state index >= 15 is 0 Å². The number of nitrogens with two attached hydrogens (primary N) is 1. The van der Waals surface area contributed by atoms with E-state index in [0.717, 1.165) is 5.56 Å². The predicted molar refractivity (Wildman–Crippen MR) is 73.1 cm³/mol. The highest BCUT2D eigenvalue weighted by Crippen LogP contribution is 2.24. The predicted octanol–water partition coefficient (Wildman–Crippen LogP) is 1.72. The molecule has 7 nitrogen and oxygen atoms in total. The Bertz CT molecular complexity index is 711. The number of aliphatic hydroxyl groups excluding tert-OH is 1. The number of nitrogen functional groups attached to an aromatic ring is 1. The topological polar surface area (TPSA) is 112 Å². The number of benzene rings is 1. The number of hydrogen-bond donors (Lipinski definition) is 3. The number of hydrogen-bond acceptors (Lipinski definition) is 6. The second-order valence-electron chi connectivity index (χ2n) is 3.83. The second kappa shape index (κ2) is 5.65. The molecule has 0 saturated heterocycles. The Balaban J connectivity index is 2.34. The maximum atomic E-state index is 8.96. The lowest BCUT2D eigenvalue weighted by Gasteiger charge is -2.07. The molecule has 4 N–H and O–H groups in total. The summed E-state index contributed by atoms with van der Waals surface area (Å²) in [4.78, 5) is 10.9. The van der Waals surface area contributed by atoms with E-state index in [1.54, 1.807) is 30.3 Å². The molecule has 2 aromatic rings. The third-order valence-electron chi connectivity index (χ3n) is 2.52. The van der Waals surface area contributed by atoms with Crippen LogP contribution in [0.25, 0.3) is 4.85 Å². The van der Waals surface area contributed by atoms with Crippen LogP contribution >= 0.6 is 0 Å². The summed E-state index contributed by atoms with van der Waals surface area (Å²) in [6.45, 7) is 6.85. The molecule has 0 spiro atoms. The Kier molecular flexibility index (Phi) is 3.75. The number of rotatable bonds is 3. The zero-order valence-corrected chi connectivity index (χ0v) is 10.3. The third kappa shape index (κ3) is 2.64. The van der Waals surface area contributed by atoms with Crippen LogP contribution in [0.4, 0.5) is 23.1 Å². The molecule has 0 aliphatic rings. The minimum Gasteiger partial charge on any atom is -0.392 e. The monoisotopic (exact) mass is 266 g/mol. The van der Waals surface area contributed by atoms with Crippen molar-refractivity contribution in [1.82, 2.24) is 9.97 Å². The zero-order chi connectivity index (χ0) is 14.5. The van der Waals surface area contributed by atoms with E-state index in [4.69, 9.17) is 22.7 Å². The molecule has 1 aromatic carbocycles. The van der Waals surface area contributed by atoms with E-state index in [0.29, 0.717) is 5.69 Å². The fourth-order valence-corrected chi connectivity index (χ4v) is 1.51. The number of nitriles is 1. The number of aromatic nitrogens is 2. The molecule has 0 bridgehead atoms. The van der Waals surface area contributed by atoms with Crippen LogP contribution in [-0.4, -0.2) is 15.1 Å². The van der Waals surface area contributed by atoms with Crippen molar-refractivity contribution in [3.8, 4) is 6.07 Å². The zero-order valence-electron chi connectivity index (χ0n) is 10.3. The standard InChI is InChI=1S/C13H10N6O/c1-16-12-10(6-14)18-13(11(15)19-12)17-9-4-2-8(7-20)3-5-9/h2-5,20H,7H2,(H2,15,19)(H,17,18). The Morgan fingerprint density at radius 2 is 2.05 bits per heavy atom. The SMILES string of the molecule is [C-]#[N+]c1nc(N)c(Nc2ccc(CO)cc2)nc1C#N. The fourth-order valence-electron chi connectivity index (χ4n) is 1.51. The summed E-state index contributed by atoms with van der Waals surface area (Å²) >= 11 is 0. The van der Waals surface area contributed by atoms with Gasteiger partial charge in [0.25, 0.3) is 5.82 Å². The van der Waals surface area contributed by atoms with Gasteiger partial charge < -0.3 is 21.0 Å². The van der Waals surface area contributed by atoms with E-state index in [1.165, 1.54) is 0 Å². The van der Waals surface area contributed by atoms with Crippen molar-refractivity contribution in [3.05, 3.63) is 46.9 Å². The Morgan fingerprint density at radius 1 is 1.35 bits per heavy atom. The molecule has 0 radical (unpaired) electrons. The van der Waals surface area contributed by atoms with Gasteiger partial charge in [-0.05, 0) is 17.7 Å². The summed E-state index contributed by atoms with van der Waals surface area (Å²) in [5.74, 6) is 0.137. The molecule has 0 saturated carbocycles. The van der Waals surface area contributed by atoms with Crippen LogP contribution in [0.2, 0.25) is 0 Å². The lowest BCUT2D eigenvalue weighted by molar-refractivity contribution is 0.282. The van der Waals surface area contributed by atoms with Crippen LogP contribution < -0.4 is 11.1 Å². The van der Waals surface area contributed by atoms with Gasteiger partial charge in [0.15, 0.2) is 11.5 Å². The van der Waals surface area contributed by atoms with Gasteiger partial charge in [0.05, 0.1) is 6.61 Å². The van der Waals surface area contributed by atoms with Crippen molar-refractivity contribution in [1.29, 1.82) is 5.26 Å². The van der Waals surface area contributed by atoms with E-state index < -0.39 is 0 Å². The van der Waals surface area contributed by atoms with Crippen LogP contribution in [0, 0.1) is 17.9 Å². The van der Waals surface area contributed by atoms with Gasteiger partial charge in [-0.2, -0.15) is 5.26 Å². The quantitative estimate of drug-likeness (QED) is 0.729. The first-order valence-corrected chi connectivity index (χ1v) is 5.60. The summed E-state index contributed by atoms with van der Waals surface area (Å²) in [5.41, 5.74) is 7.07. The van der Waals surface area contributed by atoms with Crippen LogP contribution in [-0.2, 0) is 6.61 Å². The summed E-state index contributed by atoms with van der Waals surface area (Å²) in [5, 5.41) is 20.8. The van der Waals surface area contributed by atoms with E-state index in [2.05, 4.69) is 20.1 Å². The minimum absolute atomic E-state index is 0.0412. The molecule has 1 heterocycles. The highest BCUT2D eigenvalue weighted by Gasteiger charge is 2.14. The average molecular weight is 266 g/mol. The largest absolute Gasteiger partial charge is 0.392 e.